The molecule has 2 heterocycles. The van der Waals surface area contributed by atoms with Crippen LogP contribution in [0.25, 0.3) is 12.2 Å². The number of rotatable bonds is 3. The number of carbonyl (C=O) groups is 1. The van der Waals surface area contributed by atoms with Crippen molar-refractivity contribution in [2.24, 2.45) is 7.05 Å². The molecule has 0 N–H and O–H groups in total. The number of nitriles is 1. The Hall–Kier alpha value is -3.17. The summed E-state index contributed by atoms with van der Waals surface area (Å²) < 4.78 is 7.51. The van der Waals surface area contributed by atoms with E-state index in [2.05, 4.69) is 6.07 Å². The van der Waals surface area contributed by atoms with Crippen molar-refractivity contribution in [1.82, 2.24) is 4.57 Å². The molecule has 2 aromatic heterocycles. The molecule has 0 aliphatic rings. The smallest absolute Gasteiger partial charge is 0.268 e. The predicted molar refractivity (Wildman–Crippen MR) is 91.0 cm³/mol. The first-order valence-corrected chi connectivity index (χ1v) is 7.87. The molecule has 6 heteroatoms. The lowest BCUT2D eigenvalue weighted by molar-refractivity contribution is 0.103. The van der Waals surface area contributed by atoms with E-state index >= 15 is 0 Å². The molecule has 0 bridgehead atoms. The maximum atomic E-state index is 12.3. The lowest BCUT2D eigenvalue weighted by atomic mass is 10.1. The first kappa shape index (κ1) is 15.7. The minimum atomic E-state index is -0.296. The fraction of sp³-hybridized carbons (Fsp3) is 0.0556. The molecular formula is C18H12N2O3S. The summed E-state index contributed by atoms with van der Waals surface area (Å²) in [6, 6.07) is 12.3. The van der Waals surface area contributed by atoms with Gasteiger partial charge in [0, 0.05) is 13.1 Å². The van der Waals surface area contributed by atoms with E-state index in [1.807, 2.05) is 6.07 Å². The fourth-order valence-corrected chi connectivity index (χ4v) is 3.19. The largest absolute Gasteiger partial charge is 0.461 e. The van der Waals surface area contributed by atoms with Gasteiger partial charge in [-0.3, -0.25) is 9.59 Å². The van der Waals surface area contributed by atoms with Gasteiger partial charge in [-0.2, -0.15) is 5.26 Å². The van der Waals surface area contributed by atoms with Gasteiger partial charge in [0.15, 0.2) is 5.76 Å². The van der Waals surface area contributed by atoms with Crippen LogP contribution in [0.15, 0.2) is 51.9 Å². The van der Waals surface area contributed by atoms with E-state index < -0.39 is 0 Å². The highest BCUT2D eigenvalue weighted by Crippen LogP contribution is 2.04. The van der Waals surface area contributed by atoms with Gasteiger partial charge in [0.2, 0.25) is 5.78 Å². The molecule has 3 rings (SSSR count). The monoisotopic (exact) mass is 336 g/mol. The minimum absolute atomic E-state index is 0.194. The van der Waals surface area contributed by atoms with Crippen LogP contribution in [-0.2, 0) is 7.05 Å². The van der Waals surface area contributed by atoms with Gasteiger partial charge in [0.1, 0.15) is 4.66 Å². The Kier molecular flexibility index (Phi) is 4.27. The fourth-order valence-electron chi connectivity index (χ4n) is 2.16. The van der Waals surface area contributed by atoms with Crippen LogP contribution in [0.4, 0.5) is 0 Å². The third-order valence-electron chi connectivity index (χ3n) is 3.39. The number of carbonyl (C=O) groups excluding carboxylic acids is 1. The zero-order chi connectivity index (χ0) is 17.1. The second-order valence-electron chi connectivity index (χ2n) is 5.04. The number of nitrogens with zero attached hydrogens (tertiary/aromatic N) is 2. The van der Waals surface area contributed by atoms with Crippen molar-refractivity contribution in [3.05, 3.63) is 79.1 Å². The van der Waals surface area contributed by atoms with Gasteiger partial charge in [-0.25, -0.2) is 0 Å². The zero-order valence-corrected chi connectivity index (χ0v) is 13.5. The van der Waals surface area contributed by atoms with Crippen molar-refractivity contribution in [2.75, 3.05) is 0 Å². The normalized spacial score (nSPS) is 12.3. The topological polar surface area (TPSA) is 76.0 Å². The number of furan rings is 1. The van der Waals surface area contributed by atoms with Crippen LogP contribution in [0.3, 0.4) is 0 Å². The second kappa shape index (κ2) is 6.52. The van der Waals surface area contributed by atoms with Crippen LogP contribution in [0.2, 0.25) is 0 Å². The number of thiazole rings is 1. The third kappa shape index (κ3) is 3.12. The lowest BCUT2D eigenvalue weighted by Crippen LogP contribution is -2.29. The number of benzene rings is 1. The molecule has 1 aromatic carbocycles. The molecule has 118 valence electrons. The van der Waals surface area contributed by atoms with Crippen LogP contribution in [0.1, 0.15) is 21.7 Å². The Morgan fingerprint density at radius 3 is 2.88 bits per heavy atom. The van der Waals surface area contributed by atoms with Crippen molar-refractivity contribution in [3.63, 3.8) is 0 Å². The maximum absolute atomic E-state index is 12.3. The number of Topliss-reactive ketones (excluding diaryl/α,β-unsaturated/α-hetero) is 1. The molecule has 5 nitrogen and oxygen atoms in total. The van der Waals surface area contributed by atoms with E-state index in [-0.39, 0.29) is 17.1 Å². The first-order chi connectivity index (χ1) is 11.6. The Labute approximate surface area is 141 Å². The second-order valence-corrected chi connectivity index (χ2v) is 6.10. The molecule has 0 radical (unpaired) electrons. The van der Waals surface area contributed by atoms with Gasteiger partial charge >= 0.3 is 0 Å². The SMILES string of the molecule is Cn1c(=O)/c(=C\c2cccc(C#N)c2)s/c1=C\C(=O)c1ccco1. The summed E-state index contributed by atoms with van der Waals surface area (Å²) in [6.45, 7) is 0. The summed E-state index contributed by atoms with van der Waals surface area (Å²) >= 11 is 1.21. The lowest BCUT2D eigenvalue weighted by Gasteiger charge is -1.91. The van der Waals surface area contributed by atoms with E-state index in [4.69, 9.17) is 9.68 Å². The van der Waals surface area contributed by atoms with Crippen molar-refractivity contribution in [3.8, 4) is 6.07 Å². The standard InChI is InChI=1S/C18H12N2O3S/c1-20-17(10-14(21)15-6-3-7-23-15)24-16(18(20)22)9-12-4-2-5-13(8-12)11-19/h2-10H,1H3/b16-9+,17-10-. The number of aromatic nitrogens is 1. The molecule has 0 fully saturated rings. The molecule has 0 saturated carbocycles. The summed E-state index contributed by atoms with van der Waals surface area (Å²) in [5.41, 5.74) is 1.09. The predicted octanol–water partition coefficient (Wildman–Crippen LogP) is 1.40. The van der Waals surface area contributed by atoms with E-state index in [1.165, 1.54) is 28.2 Å². The molecule has 0 amide bonds. The Morgan fingerprint density at radius 2 is 2.17 bits per heavy atom. The highest BCUT2D eigenvalue weighted by molar-refractivity contribution is 7.07. The summed E-state index contributed by atoms with van der Waals surface area (Å²) in [6.07, 6.45) is 4.52. The third-order valence-corrected chi connectivity index (χ3v) is 4.51. The van der Waals surface area contributed by atoms with Gasteiger partial charge in [0.05, 0.1) is 22.4 Å². The zero-order valence-electron chi connectivity index (χ0n) is 12.7. The van der Waals surface area contributed by atoms with Gasteiger partial charge in [-0.1, -0.05) is 12.1 Å². The average molecular weight is 336 g/mol. The van der Waals surface area contributed by atoms with Gasteiger partial charge in [-0.05, 0) is 35.9 Å². The first-order valence-electron chi connectivity index (χ1n) is 7.06. The maximum Gasteiger partial charge on any atom is 0.268 e. The quantitative estimate of drug-likeness (QED) is 0.678. The Morgan fingerprint density at radius 1 is 1.33 bits per heavy atom. The Balaban J connectivity index is 2.09. The Bertz CT molecular complexity index is 1110. The summed E-state index contributed by atoms with van der Waals surface area (Å²) in [5, 5.41) is 8.94. The highest BCUT2D eigenvalue weighted by atomic mass is 32.1. The molecule has 0 aliphatic carbocycles. The molecule has 3 aromatic rings. The van der Waals surface area contributed by atoms with Crippen molar-refractivity contribution >= 4 is 29.3 Å². The summed E-state index contributed by atoms with van der Waals surface area (Å²) in [5.74, 6) is -0.0713. The number of hydrogen-bond acceptors (Lipinski definition) is 5. The molecule has 24 heavy (non-hydrogen) atoms. The van der Waals surface area contributed by atoms with Crippen LogP contribution in [0.5, 0.6) is 0 Å². The van der Waals surface area contributed by atoms with E-state index in [0.29, 0.717) is 14.8 Å². The van der Waals surface area contributed by atoms with Gasteiger partial charge < -0.3 is 8.98 Å². The molecule has 0 unspecified atom stereocenters. The number of ketones is 1. The molecular weight excluding hydrogens is 324 g/mol. The van der Waals surface area contributed by atoms with Gasteiger partial charge in [-0.15, -0.1) is 11.3 Å². The van der Waals surface area contributed by atoms with Crippen molar-refractivity contribution in [1.29, 1.82) is 5.26 Å². The molecule has 0 aliphatic heterocycles. The molecule has 0 spiro atoms. The summed E-state index contributed by atoms with van der Waals surface area (Å²) in [7, 11) is 1.61. The van der Waals surface area contributed by atoms with Crippen LogP contribution in [0, 0.1) is 11.3 Å². The molecule has 0 saturated heterocycles. The number of hydrogen-bond donors (Lipinski definition) is 0. The van der Waals surface area contributed by atoms with Gasteiger partial charge in [0.25, 0.3) is 5.56 Å². The van der Waals surface area contributed by atoms with Crippen molar-refractivity contribution in [2.45, 2.75) is 0 Å². The summed E-state index contributed by atoms with van der Waals surface area (Å²) in [4.78, 5) is 24.4. The van der Waals surface area contributed by atoms with E-state index in [1.54, 1.807) is 43.5 Å². The van der Waals surface area contributed by atoms with E-state index in [0.717, 1.165) is 5.56 Å². The van der Waals surface area contributed by atoms with Crippen LogP contribution >= 0.6 is 11.3 Å². The van der Waals surface area contributed by atoms with E-state index in [9.17, 15) is 9.59 Å². The van der Waals surface area contributed by atoms with Crippen LogP contribution in [-0.4, -0.2) is 10.4 Å². The molecule has 0 atom stereocenters. The minimum Gasteiger partial charge on any atom is -0.461 e. The average Bonchev–Trinajstić information content (AvgIpc) is 3.21. The highest BCUT2D eigenvalue weighted by Gasteiger charge is 2.07. The van der Waals surface area contributed by atoms with Crippen LogP contribution < -0.4 is 14.8 Å². The van der Waals surface area contributed by atoms with Crippen molar-refractivity contribution < 1.29 is 9.21 Å².